The maximum Gasteiger partial charge on any atom is 0.408 e. The smallest absolute Gasteiger partial charge is 0.408 e. The maximum atomic E-state index is 12.7. The van der Waals surface area contributed by atoms with Gasteiger partial charge in [0.1, 0.15) is 24.2 Å². The summed E-state index contributed by atoms with van der Waals surface area (Å²) < 4.78 is 9.99. The standard InChI is InChI=1S/C19H31N3O7S/c1-6-28-15(24)11-22-14(23)8-7-13(17(22)26)20-16(25)12(9-10-30-5)21-18(27)29-19(2,3)4/h12-13H,6-11H2,1-5H3,(H,20,25)(H,21,27)/t12-,13-/m0/s1. The molecule has 0 aromatic carbocycles. The molecule has 1 fully saturated rings. The van der Waals surface area contributed by atoms with Gasteiger partial charge < -0.3 is 20.1 Å². The number of amides is 4. The number of ether oxygens (including phenoxy) is 2. The molecule has 1 aliphatic heterocycles. The van der Waals surface area contributed by atoms with E-state index in [-0.39, 0.29) is 19.4 Å². The molecule has 0 radical (unpaired) electrons. The highest BCUT2D eigenvalue weighted by molar-refractivity contribution is 7.98. The number of rotatable bonds is 9. The van der Waals surface area contributed by atoms with Gasteiger partial charge in [0.15, 0.2) is 0 Å². The molecule has 0 aromatic rings. The number of likely N-dealkylation sites (tertiary alicyclic amines) is 1. The van der Waals surface area contributed by atoms with Gasteiger partial charge in [0.25, 0.3) is 5.91 Å². The largest absolute Gasteiger partial charge is 0.465 e. The molecule has 0 saturated carbocycles. The Kier molecular flexibility index (Phi) is 10.1. The van der Waals surface area contributed by atoms with E-state index in [0.29, 0.717) is 12.2 Å². The number of esters is 1. The van der Waals surface area contributed by atoms with Gasteiger partial charge in [-0.1, -0.05) is 0 Å². The van der Waals surface area contributed by atoms with E-state index in [1.807, 2.05) is 6.26 Å². The van der Waals surface area contributed by atoms with Crippen LogP contribution in [0.25, 0.3) is 0 Å². The highest BCUT2D eigenvalue weighted by Crippen LogP contribution is 2.14. The lowest BCUT2D eigenvalue weighted by Gasteiger charge is -2.31. The molecule has 170 valence electrons. The van der Waals surface area contributed by atoms with E-state index < -0.39 is 54.0 Å². The zero-order valence-corrected chi connectivity index (χ0v) is 18.9. The average molecular weight is 446 g/mol. The van der Waals surface area contributed by atoms with Crippen molar-refractivity contribution in [2.45, 2.75) is 64.6 Å². The highest BCUT2D eigenvalue weighted by Gasteiger charge is 2.37. The van der Waals surface area contributed by atoms with Gasteiger partial charge in [0.05, 0.1) is 6.61 Å². The summed E-state index contributed by atoms with van der Waals surface area (Å²) in [5.41, 5.74) is -0.724. The van der Waals surface area contributed by atoms with Crippen LogP contribution in [0.15, 0.2) is 0 Å². The van der Waals surface area contributed by atoms with Crippen molar-refractivity contribution in [2.24, 2.45) is 0 Å². The molecule has 0 aromatic heterocycles. The molecule has 1 heterocycles. The van der Waals surface area contributed by atoms with E-state index in [1.165, 1.54) is 11.8 Å². The Balaban J connectivity index is 2.80. The lowest BCUT2D eigenvalue weighted by molar-refractivity contribution is -0.158. The van der Waals surface area contributed by atoms with E-state index in [1.54, 1.807) is 27.7 Å². The van der Waals surface area contributed by atoms with Crippen molar-refractivity contribution in [1.29, 1.82) is 0 Å². The molecule has 1 rings (SSSR count). The van der Waals surface area contributed by atoms with Crippen molar-refractivity contribution in [3.8, 4) is 0 Å². The summed E-state index contributed by atoms with van der Waals surface area (Å²) in [4.78, 5) is 62.0. The fourth-order valence-electron chi connectivity index (χ4n) is 2.70. The first-order chi connectivity index (χ1) is 14.0. The fraction of sp³-hybridized carbons (Fsp3) is 0.737. The summed E-state index contributed by atoms with van der Waals surface area (Å²) in [6.45, 7) is 6.37. The minimum atomic E-state index is -0.971. The van der Waals surface area contributed by atoms with Gasteiger partial charge in [-0.05, 0) is 52.5 Å². The normalized spacial score (nSPS) is 17.9. The van der Waals surface area contributed by atoms with Crippen LogP contribution in [-0.2, 0) is 28.7 Å². The number of alkyl carbamates (subject to hydrolysis) is 1. The number of hydrogen-bond donors (Lipinski definition) is 2. The zero-order valence-electron chi connectivity index (χ0n) is 18.1. The number of nitrogens with zero attached hydrogens (tertiary/aromatic N) is 1. The molecule has 0 bridgehead atoms. The molecule has 0 aliphatic carbocycles. The summed E-state index contributed by atoms with van der Waals surface area (Å²) in [7, 11) is 0. The third-order valence-corrected chi connectivity index (χ3v) is 4.68. The summed E-state index contributed by atoms with van der Waals surface area (Å²) in [5.74, 6) is -1.83. The third-order valence-electron chi connectivity index (χ3n) is 4.04. The highest BCUT2D eigenvalue weighted by atomic mass is 32.2. The molecule has 10 nitrogen and oxygen atoms in total. The van der Waals surface area contributed by atoms with Crippen LogP contribution in [0.4, 0.5) is 4.79 Å². The molecule has 0 spiro atoms. The third kappa shape index (κ3) is 8.60. The molecule has 1 aliphatic rings. The van der Waals surface area contributed by atoms with Crippen LogP contribution in [-0.4, -0.2) is 77.5 Å². The first-order valence-corrected chi connectivity index (χ1v) is 11.2. The Labute approximate surface area is 180 Å². The van der Waals surface area contributed by atoms with Crippen molar-refractivity contribution in [1.82, 2.24) is 15.5 Å². The molecule has 30 heavy (non-hydrogen) atoms. The van der Waals surface area contributed by atoms with Crippen molar-refractivity contribution in [3.05, 3.63) is 0 Å². The average Bonchev–Trinajstić information content (AvgIpc) is 2.63. The summed E-state index contributed by atoms with van der Waals surface area (Å²) >= 11 is 1.50. The predicted octanol–water partition coefficient (Wildman–Crippen LogP) is 0.830. The van der Waals surface area contributed by atoms with Gasteiger partial charge in [-0.25, -0.2) is 4.79 Å². The molecule has 2 atom stereocenters. The second-order valence-corrected chi connectivity index (χ2v) is 8.69. The van der Waals surface area contributed by atoms with Crippen LogP contribution < -0.4 is 10.6 Å². The van der Waals surface area contributed by atoms with E-state index >= 15 is 0 Å². The number of carbonyl (C=O) groups is 5. The molecule has 4 amide bonds. The monoisotopic (exact) mass is 445 g/mol. The maximum absolute atomic E-state index is 12.7. The Hall–Kier alpha value is -2.30. The molecular weight excluding hydrogens is 414 g/mol. The van der Waals surface area contributed by atoms with Crippen LogP contribution in [0.1, 0.15) is 47.0 Å². The minimum absolute atomic E-state index is 0.00502. The summed E-state index contributed by atoms with van der Waals surface area (Å²) in [5, 5.41) is 5.12. The molecular formula is C19H31N3O7S. The Morgan fingerprint density at radius 3 is 2.50 bits per heavy atom. The predicted molar refractivity (Wildman–Crippen MR) is 111 cm³/mol. The van der Waals surface area contributed by atoms with Gasteiger partial charge >= 0.3 is 12.1 Å². The number of hydrogen-bond acceptors (Lipinski definition) is 8. The number of nitrogens with one attached hydrogen (secondary N) is 2. The lowest BCUT2D eigenvalue weighted by Crippen LogP contribution is -2.58. The second kappa shape index (κ2) is 11.8. The molecule has 11 heteroatoms. The van der Waals surface area contributed by atoms with E-state index in [2.05, 4.69) is 10.6 Å². The fourth-order valence-corrected chi connectivity index (χ4v) is 3.17. The Bertz CT molecular complexity index is 663. The minimum Gasteiger partial charge on any atom is -0.465 e. The quantitative estimate of drug-likeness (QED) is 0.394. The van der Waals surface area contributed by atoms with E-state index in [4.69, 9.17) is 9.47 Å². The van der Waals surface area contributed by atoms with Crippen molar-refractivity contribution >= 4 is 41.5 Å². The van der Waals surface area contributed by atoms with Crippen LogP contribution in [0.3, 0.4) is 0 Å². The second-order valence-electron chi connectivity index (χ2n) is 7.70. The molecule has 1 saturated heterocycles. The topological polar surface area (TPSA) is 131 Å². The molecule has 0 unspecified atom stereocenters. The van der Waals surface area contributed by atoms with Crippen LogP contribution in [0, 0.1) is 0 Å². The van der Waals surface area contributed by atoms with Gasteiger partial charge in [0, 0.05) is 6.42 Å². The zero-order chi connectivity index (χ0) is 22.9. The lowest BCUT2D eigenvalue weighted by atomic mass is 10.0. The Morgan fingerprint density at radius 2 is 1.93 bits per heavy atom. The SMILES string of the molecule is CCOC(=O)CN1C(=O)CC[C@H](NC(=O)[C@H](CCSC)NC(=O)OC(C)(C)C)C1=O. The summed E-state index contributed by atoms with van der Waals surface area (Å²) in [6, 6.07) is -1.88. The summed E-state index contributed by atoms with van der Waals surface area (Å²) in [6.07, 6.45) is 1.58. The van der Waals surface area contributed by atoms with Crippen molar-refractivity contribution < 1.29 is 33.4 Å². The van der Waals surface area contributed by atoms with Gasteiger partial charge in [0.2, 0.25) is 11.8 Å². The van der Waals surface area contributed by atoms with Crippen molar-refractivity contribution in [3.63, 3.8) is 0 Å². The Morgan fingerprint density at radius 1 is 1.27 bits per heavy atom. The number of imide groups is 1. The molecule has 2 N–H and O–H groups in total. The van der Waals surface area contributed by atoms with Gasteiger partial charge in [-0.3, -0.25) is 24.1 Å². The first-order valence-electron chi connectivity index (χ1n) is 9.77. The first kappa shape index (κ1) is 25.7. The number of thioether (sulfide) groups is 1. The van der Waals surface area contributed by atoms with Crippen molar-refractivity contribution in [2.75, 3.05) is 25.2 Å². The van der Waals surface area contributed by atoms with Crippen LogP contribution >= 0.6 is 11.8 Å². The number of carbonyl (C=O) groups excluding carboxylic acids is 5. The van der Waals surface area contributed by atoms with E-state index in [0.717, 1.165) is 4.90 Å². The number of piperidine rings is 1. The van der Waals surface area contributed by atoms with E-state index in [9.17, 15) is 24.0 Å². The van der Waals surface area contributed by atoms with Crippen LogP contribution in [0.2, 0.25) is 0 Å². The van der Waals surface area contributed by atoms with Gasteiger partial charge in [-0.2, -0.15) is 11.8 Å². The van der Waals surface area contributed by atoms with Gasteiger partial charge in [-0.15, -0.1) is 0 Å². The van der Waals surface area contributed by atoms with Crippen LogP contribution in [0.5, 0.6) is 0 Å².